The van der Waals surface area contributed by atoms with Crippen molar-refractivity contribution in [3.05, 3.63) is 127 Å². The van der Waals surface area contributed by atoms with Gasteiger partial charge in [0, 0.05) is 33.4 Å². The van der Waals surface area contributed by atoms with Crippen molar-refractivity contribution in [3.8, 4) is 16.8 Å². The maximum absolute atomic E-state index is 3.61. The number of nitrogens with one attached hydrogen (secondary N) is 1. The molecule has 1 aromatic heterocycles. The van der Waals surface area contributed by atoms with Crippen LogP contribution in [0.3, 0.4) is 0 Å². The van der Waals surface area contributed by atoms with E-state index in [0.29, 0.717) is 0 Å². The third kappa shape index (κ3) is 3.14. The predicted molar refractivity (Wildman–Crippen MR) is 136 cm³/mol. The van der Waals surface area contributed by atoms with E-state index in [-0.39, 0.29) is 0 Å². The molecule has 0 saturated carbocycles. The summed E-state index contributed by atoms with van der Waals surface area (Å²) in [6.45, 7) is 0. The number of rotatable bonds is 4. The van der Waals surface area contributed by atoms with E-state index in [9.17, 15) is 0 Å². The molecule has 32 heavy (non-hydrogen) atoms. The van der Waals surface area contributed by atoms with Gasteiger partial charge in [-0.1, -0.05) is 84.9 Å². The lowest BCUT2D eigenvalue weighted by molar-refractivity contribution is 1.18. The number of hydrogen-bond donors (Lipinski definition) is 1. The fraction of sp³-hybridized carbons (Fsp3) is 0. The number of anilines is 2. The van der Waals surface area contributed by atoms with Crippen LogP contribution in [0.4, 0.5) is 11.4 Å². The minimum Gasteiger partial charge on any atom is -0.355 e. The van der Waals surface area contributed by atoms with Crippen LogP contribution in [0.15, 0.2) is 127 Å². The van der Waals surface area contributed by atoms with E-state index in [0.717, 1.165) is 17.1 Å². The van der Waals surface area contributed by atoms with Crippen molar-refractivity contribution in [1.82, 2.24) is 4.57 Å². The zero-order chi connectivity index (χ0) is 21.3. The van der Waals surface area contributed by atoms with Gasteiger partial charge in [0.2, 0.25) is 0 Å². The molecule has 0 atom stereocenters. The van der Waals surface area contributed by atoms with Gasteiger partial charge in [-0.3, -0.25) is 0 Å². The van der Waals surface area contributed by atoms with Gasteiger partial charge >= 0.3 is 0 Å². The van der Waals surface area contributed by atoms with Crippen molar-refractivity contribution in [2.45, 2.75) is 0 Å². The lowest BCUT2D eigenvalue weighted by Crippen LogP contribution is -1.98. The first-order valence-corrected chi connectivity index (χ1v) is 10.9. The Morgan fingerprint density at radius 2 is 1.06 bits per heavy atom. The minimum absolute atomic E-state index is 1.08. The first-order chi connectivity index (χ1) is 15.9. The summed E-state index contributed by atoms with van der Waals surface area (Å²) in [5, 5.41) is 6.16. The van der Waals surface area contributed by atoms with Gasteiger partial charge in [-0.25, -0.2) is 0 Å². The van der Waals surface area contributed by atoms with Crippen LogP contribution in [0.2, 0.25) is 0 Å². The van der Waals surface area contributed by atoms with Crippen molar-refractivity contribution in [1.29, 1.82) is 0 Å². The second-order valence-corrected chi connectivity index (χ2v) is 7.96. The Morgan fingerprint density at radius 1 is 0.500 bits per heavy atom. The lowest BCUT2D eigenvalue weighted by Gasteiger charge is -2.16. The summed E-state index contributed by atoms with van der Waals surface area (Å²) in [6, 6.07) is 44.9. The third-order valence-corrected chi connectivity index (χ3v) is 5.98. The molecule has 1 heterocycles. The van der Waals surface area contributed by atoms with Gasteiger partial charge in [-0.15, -0.1) is 0 Å². The van der Waals surface area contributed by atoms with Crippen LogP contribution in [0.1, 0.15) is 0 Å². The molecule has 2 heteroatoms. The first-order valence-electron chi connectivity index (χ1n) is 10.9. The molecule has 2 nitrogen and oxygen atoms in total. The van der Waals surface area contributed by atoms with Gasteiger partial charge in [0.05, 0.1) is 11.0 Å². The Kier molecular flexibility index (Phi) is 4.47. The molecule has 0 fully saturated rings. The molecular weight excluding hydrogens is 388 g/mol. The van der Waals surface area contributed by atoms with Crippen LogP contribution in [0.25, 0.3) is 38.6 Å². The van der Waals surface area contributed by atoms with Gasteiger partial charge < -0.3 is 9.88 Å². The van der Waals surface area contributed by atoms with E-state index < -0.39 is 0 Å². The molecule has 0 aliphatic carbocycles. The maximum Gasteiger partial charge on any atom is 0.0541 e. The van der Waals surface area contributed by atoms with Crippen LogP contribution < -0.4 is 5.32 Å². The Morgan fingerprint density at radius 3 is 1.72 bits per heavy atom. The number of nitrogens with zero attached hydrogens (tertiary/aromatic N) is 1. The fourth-order valence-corrected chi connectivity index (χ4v) is 4.51. The van der Waals surface area contributed by atoms with Crippen LogP contribution in [0, 0.1) is 0 Å². The number of aromatic nitrogens is 1. The average Bonchev–Trinajstić information content (AvgIpc) is 3.20. The molecule has 5 aromatic carbocycles. The SMILES string of the molecule is c1ccc(Nc2ccc(-n3c4ccccc4c4ccccc43)cc2-c2ccccc2)cc1. The molecule has 0 radical (unpaired) electrons. The topological polar surface area (TPSA) is 17.0 Å². The molecule has 0 saturated heterocycles. The number of fused-ring (bicyclic) bond motifs is 3. The molecule has 6 aromatic rings. The van der Waals surface area contributed by atoms with Crippen LogP contribution >= 0.6 is 0 Å². The van der Waals surface area contributed by atoms with Gasteiger partial charge in [0.1, 0.15) is 0 Å². The molecule has 0 amide bonds. The summed E-state index contributed by atoms with van der Waals surface area (Å²) in [6.07, 6.45) is 0. The van der Waals surface area contributed by atoms with Gasteiger partial charge in [0.15, 0.2) is 0 Å². The van der Waals surface area contributed by atoms with E-state index in [2.05, 4.69) is 131 Å². The number of para-hydroxylation sites is 3. The Bertz CT molecular complexity index is 1480. The molecule has 0 aliphatic heterocycles. The lowest BCUT2D eigenvalue weighted by atomic mass is 10.0. The molecule has 1 N–H and O–H groups in total. The number of benzene rings is 5. The van der Waals surface area contributed by atoms with Gasteiger partial charge in [-0.05, 0) is 48.0 Å². The standard InChI is InChI=1S/C30H22N2/c1-3-11-22(12-4-1)27-21-24(19-20-28(27)31-23-13-5-2-6-14-23)32-29-17-9-7-15-25(29)26-16-8-10-18-30(26)32/h1-21,31H. The van der Waals surface area contributed by atoms with Gasteiger partial charge in [-0.2, -0.15) is 0 Å². The zero-order valence-electron chi connectivity index (χ0n) is 17.6. The Labute approximate surface area is 187 Å². The highest BCUT2D eigenvalue weighted by molar-refractivity contribution is 6.09. The summed E-state index contributed by atoms with van der Waals surface area (Å²) in [7, 11) is 0. The Hall–Kier alpha value is -4.30. The normalized spacial score (nSPS) is 11.1. The quantitative estimate of drug-likeness (QED) is 0.310. The van der Waals surface area contributed by atoms with Crippen molar-refractivity contribution < 1.29 is 0 Å². The second-order valence-electron chi connectivity index (χ2n) is 7.96. The second kappa shape index (κ2) is 7.75. The van der Waals surface area contributed by atoms with Crippen molar-refractivity contribution in [3.63, 3.8) is 0 Å². The highest BCUT2D eigenvalue weighted by atomic mass is 15.0. The molecule has 0 unspecified atom stereocenters. The van der Waals surface area contributed by atoms with Crippen molar-refractivity contribution in [2.75, 3.05) is 5.32 Å². The van der Waals surface area contributed by atoms with E-state index in [1.807, 2.05) is 6.07 Å². The van der Waals surface area contributed by atoms with E-state index >= 15 is 0 Å². The third-order valence-electron chi connectivity index (χ3n) is 5.98. The monoisotopic (exact) mass is 410 g/mol. The fourth-order valence-electron chi connectivity index (χ4n) is 4.51. The van der Waals surface area contributed by atoms with E-state index in [4.69, 9.17) is 0 Å². The average molecular weight is 411 g/mol. The summed E-state index contributed by atoms with van der Waals surface area (Å²) < 4.78 is 2.36. The first kappa shape index (κ1) is 18.5. The molecule has 152 valence electrons. The molecule has 6 rings (SSSR count). The van der Waals surface area contributed by atoms with Crippen molar-refractivity contribution in [2.24, 2.45) is 0 Å². The highest BCUT2D eigenvalue weighted by Gasteiger charge is 2.14. The smallest absolute Gasteiger partial charge is 0.0541 e. The molecule has 0 spiro atoms. The van der Waals surface area contributed by atoms with Crippen LogP contribution in [0.5, 0.6) is 0 Å². The zero-order valence-corrected chi connectivity index (χ0v) is 17.6. The summed E-state index contributed by atoms with van der Waals surface area (Å²) in [5.41, 5.74) is 8.12. The van der Waals surface area contributed by atoms with E-state index in [1.165, 1.54) is 32.9 Å². The summed E-state index contributed by atoms with van der Waals surface area (Å²) >= 11 is 0. The number of hydrogen-bond acceptors (Lipinski definition) is 1. The van der Waals surface area contributed by atoms with E-state index in [1.54, 1.807) is 0 Å². The summed E-state index contributed by atoms with van der Waals surface area (Å²) in [4.78, 5) is 0. The maximum atomic E-state index is 3.61. The minimum atomic E-state index is 1.08. The molecular formula is C30H22N2. The largest absolute Gasteiger partial charge is 0.355 e. The van der Waals surface area contributed by atoms with Crippen LogP contribution in [-0.2, 0) is 0 Å². The van der Waals surface area contributed by atoms with Crippen LogP contribution in [-0.4, -0.2) is 4.57 Å². The molecule has 0 bridgehead atoms. The highest BCUT2D eigenvalue weighted by Crippen LogP contribution is 2.36. The predicted octanol–water partition coefficient (Wildman–Crippen LogP) is 8.19. The van der Waals surface area contributed by atoms with Crippen molar-refractivity contribution >= 4 is 33.2 Å². The molecule has 0 aliphatic rings. The Balaban J connectivity index is 1.59. The van der Waals surface area contributed by atoms with Gasteiger partial charge in [0.25, 0.3) is 0 Å². The summed E-state index contributed by atoms with van der Waals surface area (Å²) in [5.74, 6) is 0.